The third kappa shape index (κ3) is 3.48. The first-order valence-electron chi connectivity index (χ1n) is 8.75. The van der Waals surface area contributed by atoms with Gasteiger partial charge in [0.25, 0.3) is 0 Å². The second-order valence-corrected chi connectivity index (χ2v) is 8.97. The Hall–Kier alpha value is -1.92. The molecule has 0 unspecified atom stereocenters. The predicted molar refractivity (Wildman–Crippen MR) is 96.8 cm³/mol. The van der Waals surface area contributed by atoms with E-state index in [4.69, 9.17) is 26.0 Å². The van der Waals surface area contributed by atoms with Crippen molar-refractivity contribution in [3.05, 3.63) is 46.1 Å². The Morgan fingerprint density at radius 2 is 2.07 bits per heavy atom. The highest BCUT2D eigenvalue weighted by atomic mass is 35.5. The summed E-state index contributed by atoms with van der Waals surface area (Å²) in [5.41, 5.74) is 0.980. The van der Waals surface area contributed by atoms with Crippen LogP contribution >= 0.6 is 11.6 Å². The fourth-order valence-electron chi connectivity index (χ4n) is 3.44. The molecule has 0 spiro atoms. The summed E-state index contributed by atoms with van der Waals surface area (Å²) in [6, 6.07) is 6.14. The summed E-state index contributed by atoms with van der Waals surface area (Å²) in [6.07, 6.45) is 2.20. The molecule has 0 atom stereocenters. The summed E-state index contributed by atoms with van der Waals surface area (Å²) in [4.78, 5) is 4.58. The zero-order chi connectivity index (χ0) is 19.0. The van der Waals surface area contributed by atoms with Crippen molar-refractivity contribution in [2.75, 3.05) is 19.8 Å². The molecule has 0 amide bonds. The fourth-order valence-corrected chi connectivity index (χ4v) is 5.36. The van der Waals surface area contributed by atoms with Crippen molar-refractivity contribution in [2.24, 2.45) is 0 Å². The molecule has 3 heterocycles. The topological polar surface area (TPSA) is 96.4 Å². The first-order chi connectivity index (χ1) is 13.0. The van der Waals surface area contributed by atoms with E-state index in [1.807, 2.05) is 6.07 Å². The van der Waals surface area contributed by atoms with E-state index < -0.39 is 10.0 Å². The molecular weight excluding hydrogens is 390 g/mol. The maximum Gasteiger partial charge on any atom is 0.244 e. The number of ether oxygens (including phenoxy) is 1. The lowest BCUT2D eigenvalue weighted by Gasteiger charge is -2.25. The van der Waals surface area contributed by atoms with Crippen molar-refractivity contribution < 1.29 is 17.6 Å². The van der Waals surface area contributed by atoms with E-state index in [2.05, 4.69) is 4.98 Å². The van der Waals surface area contributed by atoms with E-state index in [0.717, 1.165) is 18.6 Å². The van der Waals surface area contributed by atoms with Crippen LogP contribution in [0.3, 0.4) is 0 Å². The van der Waals surface area contributed by atoms with Gasteiger partial charge in [-0.05, 0) is 31.0 Å². The molecule has 9 heteroatoms. The van der Waals surface area contributed by atoms with Crippen LogP contribution in [-0.4, -0.2) is 37.5 Å². The molecule has 27 heavy (non-hydrogen) atoms. The first kappa shape index (κ1) is 18.4. The van der Waals surface area contributed by atoms with Crippen LogP contribution in [0.2, 0.25) is 5.02 Å². The Kier molecular flexibility index (Phi) is 4.95. The second kappa shape index (κ2) is 7.24. The molecule has 7 nitrogen and oxygen atoms in total. The highest BCUT2D eigenvalue weighted by Gasteiger charge is 2.33. The van der Waals surface area contributed by atoms with Crippen LogP contribution in [0.15, 0.2) is 27.5 Å². The van der Waals surface area contributed by atoms with Crippen LogP contribution in [0.5, 0.6) is 0 Å². The number of nitriles is 1. The molecule has 0 radical (unpaired) electrons. The molecule has 0 aliphatic carbocycles. The minimum atomic E-state index is -3.79. The molecule has 2 aliphatic rings. The van der Waals surface area contributed by atoms with Gasteiger partial charge in [0, 0.05) is 32.1 Å². The molecule has 1 saturated heterocycles. The van der Waals surface area contributed by atoms with Crippen LogP contribution in [0.1, 0.15) is 41.7 Å². The molecule has 0 N–H and O–H groups in total. The lowest BCUT2D eigenvalue weighted by atomic mass is 10.0. The van der Waals surface area contributed by atoms with Gasteiger partial charge in [-0.1, -0.05) is 11.6 Å². The fraction of sp³-hybridized carbons (Fsp3) is 0.444. The maximum atomic E-state index is 13.0. The van der Waals surface area contributed by atoms with Gasteiger partial charge in [-0.2, -0.15) is 9.57 Å². The van der Waals surface area contributed by atoms with Crippen LogP contribution in [0.25, 0.3) is 0 Å². The number of benzene rings is 1. The smallest absolute Gasteiger partial charge is 0.244 e. The van der Waals surface area contributed by atoms with Crippen molar-refractivity contribution >= 4 is 21.6 Å². The van der Waals surface area contributed by atoms with Gasteiger partial charge in [0.2, 0.25) is 10.0 Å². The third-order valence-electron chi connectivity index (χ3n) is 4.96. The Bertz CT molecular complexity index is 1010. The number of hydrogen-bond acceptors (Lipinski definition) is 6. The number of hydrogen-bond donors (Lipinski definition) is 0. The van der Waals surface area contributed by atoms with Crippen LogP contribution < -0.4 is 0 Å². The summed E-state index contributed by atoms with van der Waals surface area (Å²) in [7, 11) is -3.79. The van der Waals surface area contributed by atoms with Crippen molar-refractivity contribution in [1.82, 2.24) is 9.29 Å². The molecule has 1 aromatic heterocycles. The lowest BCUT2D eigenvalue weighted by molar-refractivity contribution is 0.0791. The first-order valence-corrected chi connectivity index (χ1v) is 10.6. The Morgan fingerprint density at radius 1 is 1.30 bits per heavy atom. The van der Waals surface area contributed by atoms with Gasteiger partial charge in [-0.25, -0.2) is 13.4 Å². The van der Waals surface area contributed by atoms with Crippen molar-refractivity contribution in [3.8, 4) is 6.07 Å². The number of oxazole rings is 1. The molecule has 1 aromatic carbocycles. The SMILES string of the molecule is N#Cc1ccc(S(=O)(=O)N2CCc3oc(C4CCOCC4)nc3C2)c(Cl)c1. The number of nitrogens with zero attached hydrogens (tertiary/aromatic N) is 3. The Labute approximate surface area is 162 Å². The number of rotatable bonds is 3. The summed E-state index contributed by atoms with van der Waals surface area (Å²) in [5.74, 6) is 1.66. The number of sulfonamides is 1. The highest BCUT2D eigenvalue weighted by molar-refractivity contribution is 7.89. The second-order valence-electron chi connectivity index (χ2n) is 6.65. The minimum Gasteiger partial charge on any atom is -0.445 e. The van der Waals surface area contributed by atoms with Gasteiger partial charge in [0.15, 0.2) is 5.89 Å². The van der Waals surface area contributed by atoms with E-state index in [-0.39, 0.29) is 22.4 Å². The van der Waals surface area contributed by atoms with E-state index in [1.54, 1.807) is 0 Å². The van der Waals surface area contributed by atoms with Crippen LogP contribution in [-0.2, 0) is 27.7 Å². The summed E-state index contributed by atoms with van der Waals surface area (Å²) in [5, 5.41) is 8.97. The summed E-state index contributed by atoms with van der Waals surface area (Å²) < 4.78 is 38.7. The van der Waals surface area contributed by atoms with Crippen molar-refractivity contribution in [3.63, 3.8) is 0 Å². The standard InChI is InChI=1S/C18H18ClN3O4S/c19-14-9-12(10-20)1-2-17(14)27(23,24)22-6-3-16-15(11-22)21-18(26-16)13-4-7-25-8-5-13/h1-2,9,13H,3-8,11H2. The monoisotopic (exact) mass is 407 g/mol. The van der Waals surface area contributed by atoms with E-state index in [0.29, 0.717) is 43.3 Å². The number of halogens is 1. The van der Waals surface area contributed by atoms with Gasteiger partial charge in [0.05, 0.1) is 28.9 Å². The molecular formula is C18H18ClN3O4S. The molecule has 2 aromatic rings. The molecule has 142 valence electrons. The van der Waals surface area contributed by atoms with Gasteiger partial charge in [-0.3, -0.25) is 0 Å². The average Bonchev–Trinajstić information content (AvgIpc) is 3.11. The highest BCUT2D eigenvalue weighted by Crippen LogP contribution is 2.33. The number of fused-ring (bicyclic) bond motifs is 1. The summed E-state index contributed by atoms with van der Waals surface area (Å²) in [6.45, 7) is 1.83. The van der Waals surface area contributed by atoms with Gasteiger partial charge in [-0.15, -0.1) is 0 Å². The molecule has 0 saturated carbocycles. The molecule has 2 aliphatic heterocycles. The molecule has 1 fully saturated rings. The van der Waals surface area contributed by atoms with E-state index >= 15 is 0 Å². The van der Waals surface area contributed by atoms with E-state index in [9.17, 15) is 8.42 Å². The Morgan fingerprint density at radius 3 is 2.78 bits per heavy atom. The molecule has 4 rings (SSSR count). The van der Waals surface area contributed by atoms with Crippen molar-refractivity contribution in [2.45, 2.75) is 36.6 Å². The van der Waals surface area contributed by atoms with Crippen LogP contribution in [0, 0.1) is 11.3 Å². The van der Waals surface area contributed by atoms with Crippen molar-refractivity contribution in [1.29, 1.82) is 5.26 Å². The average molecular weight is 408 g/mol. The predicted octanol–water partition coefficient (Wildman–Crippen LogP) is 2.84. The van der Waals surface area contributed by atoms with E-state index in [1.165, 1.54) is 22.5 Å². The zero-order valence-electron chi connectivity index (χ0n) is 14.5. The Balaban J connectivity index is 1.58. The van der Waals surface area contributed by atoms with Gasteiger partial charge >= 0.3 is 0 Å². The molecule has 0 bridgehead atoms. The maximum absolute atomic E-state index is 13.0. The van der Waals surface area contributed by atoms with Gasteiger partial charge < -0.3 is 9.15 Å². The van der Waals surface area contributed by atoms with Crippen LogP contribution in [0.4, 0.5) is 0 Å². The summed E-state index contributed by atoms with van der Waals surface area (Å²) >= 11 is 6.11. The number of aromatic nitrogens is 1. The minimum absolute atomic E-state index is 0.000218. The third-order valence-corrected chi connectivity index (χ3v) is 7.29. The zero-order valence-corrected chi connectivity index (χ0v) is 16.1. The largest absolute Gasteiger partial charge is 0.445 e. The lowest BCUT2D eigenvalue weighted by Crippen LogP contribution is -2.36. The normalized spacial score (nSPS) is 18.8. The quantitative estimate of drug-likeness (QED) is 0.776. The van der Waals surface area contributed by atoms with Gasteiger partial charge in [0.1, 0.15) is 10.7 Å².